The van der Waals surface area contributed by atoms with Crippen molar-refractivity contribution in [3.05, 3.63) is 29.8 Å². The molecule has 1 N–H and O–H groups in total. The van der Waals surface area contributed by atoms with Crippen molar-refractivity contribution < 1.29 is 31.2 Å². The van der Waals surface area contributed by atoms with E-state index in [2.05, 4.69) is 10.4 Å². The van der Waals surface area contributed by atoms with Gasteiger partial charge in [-0.25, -0.2) is 13.4 Å². The van der Waals surface area contributed by atoms with Gasteiger partial charge in [0.25, 0.3) is 5.91 Å². The van der Waals surface area contributed by atoms with Gasteiger partial charge in [-0.3, -0.25) is 9.59 Å². The van der Waals surface area contributed by atoms with Crippen molar-refractivity contribution in [1.82, 2.24) is 5.01 Å². The zero-order chi connectivity index (χ0) is 19.8. The predicted molar refractivity (Wildman–Crippen MR) is 90.6 cm³/mol. The number of amides is 2. The molecular weight excluding hydrogens is 387 g/mol. The highest BCUT2D eigenvalue weighted by atomic mass is 32.2. The lowest BCUT2D eigenvalue weighted by atomic mass is 10.1. The number of carbonyl (C=O) groups is 2. The van der Waals surface area contributed by atoms with E-state index in [9.17, 15) is 31.2 Å². The summed E-state index contributed by atoms with van der Waals surface area (Å²) >= 11 is 0. The molecule has 146 valence electrons. The van der Waals surface area contributed by atoms with E-state index in [4.69, 9.17) is 0 Å². The van der Waals surface area contributed by atoms with Crippen molar-refractivity contribution in [2.75, 3.05) is 16.8 Å². The number of alkyl halides is 3. The first-order valence-corrected chi connectivity index (χ1v) is 9.96. The number of hydrogen-bond acceptors (Lipinski definition) is 5. The van der Waals surface area contributed by atoms with Crippen LogP contribution in [0.25, 0.3) is 0 Å². The first-order chi connectivity index (χ1) is 12.5. The Labute approximate surface area is 153 Å². The Morgan fingerprint density at radius 1 is 1.19 bits per heavy atom. The van der Waals surface area contributed by atoms with Crippen LogP contribution in [0.1, 0.15) is 24.8 Å². The average Bonchev–Trinajstić information content (AvgIpc) is 2.94. The van der Waals surface area contributed by atoms with Crippen molar-refractivity contribution in [2.45, 2.75) is 31.5 Å². The average molecular weight is 403 g/mol. The van der Waals surface area contributed by atoms with Crippen LogP contribution in [0, 0.1) is 0 Å². The highest BCUT2D eigenvalue weighted by Crippen LogP contribution is 2.30. The van der Waals surface area contributed by atoms with Gasteiger partial charge in [-0.2, -0.15) is 18.3 Å². The maximum absolute atomic E-state index is 12.6. The van der Waals surface area contributed by atoms with Gasteiger partial charge in [-0.1, -0.05) is 0 Å². The highest BCUT2D eigenvalue weighted by molar-refractivity contribution is 7.91. The molecule has 3 rings (SSSR count). The number of hydrogen-bond donors (Lipinski definition) is 1. The molecular formula is C16H16F3N3O4S. The van der Waals surface area contributed by atoms with E-state index in [0.29, 0.717) is 0 Å². The maximum atomic E-state index is 12.6. The zero-order valence-corrected chi connectivity index (χ0v) is 14.8. The Morgan fingerprint density at radius 2 is 1.85 bits per heavy atom. The molecule has 2 heterocycles. The summed E-state index contributed by atoms with van der Waals surface area (Å²) < 4.78 is 60.9. The van der Waals surface area contributed by atoms with Crippen LogP contribution >= 0.6 is 0 Å². The standard InChI is InChI=1S/C16H16F3N3O4S/c17-16(18,19)10-1-3-11(4-2-10)20-15(24)13-5-6-14(23)22(21-13)12-7-8-27(25,26)9-12/h1-4,12H,5-9H2,(H,20,24)/t12-/m1/s1. The van der Waals surface area contributed by atoms with Crippen LogP contribution in [-0.4, -0.2) is 48.5 Å². The first kappa shape index (κ1) is 19.3. The Hall–Kier alpha value is -2.43. The summed E-state index contributed by atoms with van der Waals surface area (Å²) in [5.74, 6) is -1.24. The fourth-order valence-corrected chi connectivity index (χ4v) is 4.63. The summed E-state index contributed by atoms with van der Waals surface area (Å²) in [6, 6.07) is 3.33. The largest absolute Gasteiger partial charge is 0.416 e. The van der Waals surface area contributed by atoms with E-state index in [1.807, 2.05) is 0 Å². The number of carbonyl (C=O) groups excluding carboxylic acids is 2. The predicted octanol–water partition coefficient (Wildman–Crippen LogP) is 1.81. The lowest BCUT2D eigenvalue weighted by Gasteiger charge is -2.27. The van der Waals surface area contributed by atoms with E-state index in [-0.39, 0.29) is 48.1 Å². The van der Waals surface area contributed by atoms with Gasteiger partial charge in [-0.15, -0.1) is 0 Å². The van der Waals surface area contributed by atoms with E-state index < -0.39 is 33.5 Å². The summed E-state index contributed by atoms with van der Waals surface area (Å²) in [4.78, 5) is 24.4. The minimum absolute atomic E-state index is 0.00973. The molecule has 0 radical (unpaired) electrons. The van der Waals surface area contributed by atoms with Gasteiger partial charge in [0.15, 0.2) is 9.84 Å². The van der Waals surface area contributed by atoms with E-state index in [0.717, 1.165) is 29.3 Å². The minimum Gasteiger partial charge on any atom is -0.321 e. The van der Waals surface area contributed by atoms with E-state index >= 15 is 0 Å². The number of sulfone groups is 1. The van der Waals surface area contributed by atoms with E-state index in [1.165, 1.54) is 0 Å². The Kier molecular flexibility index (Phi) is 4.98. The van der Waals surface area contributed by atoms with Crippen molar-refractivity contribution in [1.29, 1.82) is 0 Å². The van der Waals surface area contributed by atoms with E-state index in [1.54, 1.807) is 0 Å². The summed E-state index contributed by atoms with van der Waals surface area (Å²) in [5, 5.41) is 7.50. The molecule has 0 aliphatic carbocycles. The number of anilines is 1. The van der Waals surface area contributed by atoms with Gasteiger partial charge in [0.05, 0.1) is 23.1 Å². The molecule has 1 saturated heterocycles. The number of nitrogens with zero attached hydrogens (tertiary/aromatic N) is 2. The molecule has 1 fully saturated rings. The summed E-state index contributed by atoms with van der Waals surface area (Å²) in [7, 11) is -3.23. The van der Waals surface area contributed by atoms with Gasteiger partial charge in [0.2, 0.25) is 5.91 Å². The first-order valence-electron chi connectivity index (χ1n) is 8.14. The third kappa shape index (κ3) is 4.46. The number of halogens is 3. The van der Waals surface area contributed by atoms with Gasteiger partial charge in [0, 0.05) is 18.5 Å². The van der Waals surface area contributed by atoms with Crippen molar-refractivity contribution in [2.24, 2.45) is 5.10 Å². The van der Waals surface area contributed by atoms with Crippen molar-refractivity contribution in [3.63, 3.8) is 0 Å². The molecule has 11 heteroatoms. The molecule has 7 nitrogen and oxygen atoms in total. The molecule has 2 amide bonds. The Morgan fingerprint density at radius 3 is 2.41 bits per heavy atom. The van der Waals surface area contributed by atoms with Crippen LogP contribution in [0.4, 0.5) is 18.9 Å². The second kappa shape index (κ2) is 6.95. The Balaban J connectivity index is 1.72. The van der Waals surface area contributed by atoms with Gasteiger partial charge >= 0.3 is 6.18 Å². The van der Waals surface area contributed by atoms with Gasteiger partial charge < -0.3 is 5.32 Å². The molecule has 1 atom stereocenters. The fourth-order valence-electron chi connectivity index (χ4n) is 2.93. The lowest BCUT2D eigenvalue weighted by molar-refractivity contribution is -0.137. The molecule has 2 aliphatic heterocycles. The third-order valence-corrected chi connectivity index (χ3v) is 6.10. The highest BCUT2D eigenvalue weighted by Gasteiger charge is 2.37. The third-order valence-electron chi connectivity index (χ3n) is 4.35. The maximum Gasteiger partial charge on any atom is 0.416 e. The minimum atomic E-state index is -4.47. The molecule has 0 saturated carbocycles. The van der Waals surface area contributed by atoms with Crippen molar-refractivity contribution >= 4 is 33.1 Å². The number of hydrazone groups is 1. The normalized spacial score (nSPS) is 22.5. The molecule has 0 unspecified atom stereocenters. The molecule has 1 aromatic rings. The molecule has 27 heavy (non-hydrogen) atoms. The van der Waals surface area contributed by atoms with Crippen molar-refractivity contribution in [3.8, 4) is 0 Å². The van der Waals surface area contributed by atoms with Gasteiger partial charge in [0.1, 0.15) is 5.71 Å². The molecule has 0 aromatic heterocycles. The second-order valence-electron chi connectivity index (χ2n) is 6.37. The summed E-state index contributed by atoms with van der Waals surface area (Å²) in [5.41, 5.74) is -0.656. The lowest BCUT2D eigenvalue weighted by Crippen LogP contribution is -2.42. The smallest absolute Gasteiger partial charge is 0.321 e. The number of nitrogens with one attached hydrogen (secondary N) is 1. The van der Waals surface area contributed by atoms with Crippen LogP contribution in [0.5, 0.6) is 0 Å². The summed E-state index contributed by atoms with van der Waals surface area (Å²) in [6.07, 6.45) is -4.14. The topological polar surface area (TPSA) is 95.9 Å². The quantitative estimate of drug-likeness (QED) is 0.833. The number of rotatable bonds is 3. The van der Waals surface area contributed by atoms with Crippen LogP contribution in [-0.2, 0) is 25.6 Å². The molecule has 2 aliphatic rings. The fraction of sp³-hybridized carbons (Fsp3) is 0.438. The van der Waals surface area contributed by atoms with Crippen LogP contribution in [0.15, 0.2) is 29.4 Å². The summed E-state index contributed by atoms with van der Waals surface area (Å²) in [6.45, 7) is 0. The van der Waals surface area contributed by atoms with Gasteiger partial charge in [-0.05, 0) is 30.7 Å². The van der Waals surface area contributed by atoms with Crippen LogP contribution in [0.2, 0.25) is 0 Å². The monoisotopic (exact) mass is 403 g/mol. The second-order valence-corrected chi connectivity index (χ2v) is 8.60. The molecule has 1 aromatic carbocycles. The SMILES string of the molecule is O=C(Nc1ccc(C(F)(F)F)cc1)C1=NN([C@@H]2CCS(=O)(=O)C2)C(=O)CC1. The number of benzene rings is 1. The van der Waals surface area contributed by atoms with Crippen LogP contribution in [0.3, 0.4) is 0 Å². The molecule has 0 spiro atoms. The Bertz CT molecular complexity index is 894. The molecule has 0 bridgehead atoms. The zero-order valence-electron chi connectivity index (χ0n) is 14.0. The van der Waals surface area contributed by atoms with Crippen LogP contribution < -0.4 is 5.32 Å².